The van der Waals surface area contributed by atoms with Crippen LogP contribution < -0.4 is 5.32 Å². The molecule has 0 aliphatic heterocycles. The van der Waals surface area contributed by atoms with Crippen molar-refractivity contribution in [2.45, 2.75) is 13.5 Å². The third-order valence-electron chi connectivity index (χ3n) is 3.93. The summed E-state index contributed by atoms with van der Waals surface area (Å²) in [5.41, 5.74) is 1.91. The second kappa shape index (κ2) is 7.05. The molecule has 2 heterocycles. The number of rotatable bonds is 5. The minimum absolute atomic E-state index is 0.254. The van der Waals surface area contributed by atoms with E-state index in [1.54, 1.807) is 13.1 Å². The summed E-state index contributed by atoms with van der Waals surface area (Å²) >= 11 is 6.29. The maximum atomic E-state index is 12.1. The number of nitrogens with zero attached hydrogens (tertiary/aromatic N) is 2. The number of aliphatic carboxylic acids is 1. The Hall–Kier alpha value is -3.06. The second-order valence-corrected chi connectivity index (χ2v) is 6.19. The molecule has 3 N–H and O–H groups in total. The summed E-state index contributed by atoms with van der Waals surface area (Å²) in [4.78, 5) is 26.9. The number of hydrogen-bond acceptors (Lipinski definition) is 4. The molecule has 1 aromatic carbocycles. The fraction of sp³-hybridized carbons (Fsp3) is 0.167. The number of amides is 1. The number of hydrogen-bond donors (Lipinski definition) is 3. The first-order valence-corrected chi connectivity index (χ1v) is 8.18. The monoisotopic (exact) mass is 373 g/mol. The molecule has 0 unspecified atom stereocenters. The molecular formula is C18H16ClN3O4. The molecule has 0 spiro atoms. The number of aryl methyl sites for hydroxylation is 1. The Morgan fingerprint density at radius 2 is 1.96 bits per heavy atom. The highest BCUT2D eigenvalue weighted by molar-refractivity contribution is 6.36. The maximum absolute atomic E-state index is 12.1. The van der Waals surface area contributed by atoms with E-state index in [2.05, 4.69) is 10.3 Å². The zero-order valence-electron chi connectivity index (χ0n) is 13.9. The lowest BCUT2D eigenvalue weighted by Gasteiger charge is -2.11. The summed E-state index contributed by atoms with van der Waals surface area (Å²) in [7, 11) is 0. The molecule has 134 valence electrons. The van der Waals surface area contributed by atoms with E-state index in [1.807, 2.05) is 34.9 Å². The van der Waals surface area contributed by atoms with Gasteiger partial charge in [0.25, 0.3) is 5.91 Å². The van der Waals surface area contributed by atoms with Crippen LogP contribution in [0, 0.1) is 6.92 Å². The molecule has 0 saturated carbocycles. The third kappa shape index (κ3) is 3.34. The van der Waals surface area contributed by atoms with E-state index in [-0.39, 0.29) is 16.5 Å². The Labute approximate surface area is 153 Å². The van der Waals surface area contributed by atoms with Crippen LogP contribution in [0.1, 0.15) is 21.7 Å². The number of fused-ring (bicyclic) bond motifs is 1. The van der Waals surface area contributed by atoms with Gasteiger partial charge in [-0.2, -0.15) is 0 Å². The number of nitrogens with one attached hydrogen (secondary N) is 1. The summed E-state index contributed by atoms with van der Waals surface area (Å²) in [6.07, 6.45) is 1.67. The zero-order valence-corrected chi connectivity index (χ0v) is 14.6. The molecule has 0 saturated heterocycles. The van der Waals surface area contributed by atoms with Crippen molar-refractivity contribution in [3.63, 3.8) is 0 Å². The minimum atomic E-state index is -1.19. The molecule has 0 atom stereocenters. The van der Waals surface area contributed by atoms with Gasteiger partial charge in [0.05, 0.1) is 21.6 Å². The zero-order chi connectivity index (χ0) is 18.8. The normalized spacial score (nSPS) is 10.8. The van der Waals surface area contributed by atoms with Crippen molar-refractivity contribution in [2.24, 2.45) is 0 Å². The lowest BCUT2D eigenvalue weighted by atomic mass is 10.1. The van der Waals surface area contributed by atoms with Gasteiger partial charge in [0.15, 0.2) is 11.4 Å². The standard InChI is InChI=1S/C18H16ClN3O4/c1-10-16-14(17(25)15(21-10)18(26)20-7-13(23)24)12(19)9-22(16)8-11-5-3-2-4-6-11/h2-6,9,25H,7-8H2,1H3,(H,20,26)(H,23,24). The van der Waals surface area contributed by atoms with Gasteiger partial charge in [0, 0.05) is 12.7 Å². The number of carboxylic acids is 1. The van der Waals surface area contributed by atoms with Gasteiger partial charge in [-0.25, -0.2) is 4.98 Å². The van der Waals surface area contributed by atoms with E-state index < -0.39 is 18.4 Å². The smallest absolute Gasteiger partial charge is 0.322 e. The SMILES string of the molecule is Cc1nc(C(=O)NCC(=O)O)c(O)c2c(Cl)cn(Cc3ccccc3)c12. The van der Waals surface area contributed by atoms with Gasteiger partial charge in [-0.05, 0) is 12.5 Å². The molecular weight excluding hydrogens is 358 g/mol. The molecule has 0 aliphatic rings. The minimum Gasteiger partial charge on any atom is -0.505 e. The molecule has 1 amide bonds. The second-order valence-electron chi connectivity index (χ2n) is 5.78. The van der Waals surface area contributed by atoms with Gasteiger partial charge in [-0.1, -0.05) is 41.9 Å². The first-order valence-electron chi connectivity index (χ1n) is 7.80. The highest BCUT2D eigenvalue weighted by Gasteiger charge is 2.22. The van der Waals surface area contributed by atoms with Crippen LogP contribution in [-0.4, -0.2) is 38.2 Å². The Morgan fingerprint density at radius 3 is 2.62 bits per heavy atom. The number of halogens is 1. The van der Waals surface area contributed by atoms with Crippen molar-refractivity contribution < 1.29 is 19.8 Å². The Balaban J connectivity index is 2.06. The van der Waals surface area contributed by atoms with Crippen molar-refractivity contribution in [2.75, 3.05) is 6.54 Å². The number of carboxylic acid groups (broad SMARTS) is 1. The average molecular weight is 374 g/mol. The largest absolute Gasteiger partial charge is 0.505 e. The summed E-state index contributed by atoms with van der Waals surface area (Å²) in [6.45, 7) is 1.66. The molecule has 2 aromatic heterocycles. The Morgan fingerprint density at radius 1 is 1.27 bits per heavy atom. The Kier molecular flexibility index (Phi) is 4.81. The average Bonchev–Trinajstić information content (AvgIpc) is 2.93. The van der Waals surface area contributed by atoms with Crippen LogP contribution in [0.3, 0.4) is 0 Å². The summed E-state index contributed by atoms with van der Waals surface area (Å²) < 4.78 is 1.86. The van der Waals surface area contributed by atoms with E-state index >= 15 is 0 Å². The predicted octanol–water partition coefficient (Wildman–Crippen LogP) is 2.57. The molecule has 8 heteroatoms. The van der Waals surface area contributed by atoms with E-state index in [0.717, 1.165) is 5.56 Å². The maximum Gasteiger partial charge on any atom is 0.322 e. The lowest BCUT2D eigenvalue weighted by Crippen LogP contribution is -2.30. The number of carbonyl (C=O) groups excluding carboxylic acids is 1. The number of aromatic nitrogens is 2. The van der Waals surface area contributed by atoms with Gasteiger partial charge in [-0.15, -0.1) is 0 Å². The highest BCUT2D eigenvalue weighted by Crippen LogP contribution is 2.36. The Bertz CT molecular complexity index is 999. The number of pyridine rings is 1. The van der Waals surface area contributed by atoms with E-state index in [4.69, 9.17) is 16.7 Å². The van der Waals surface area contributed by atoms with Crippen LogP contribution in [0.5, 0.6) is 5.75 Å². The number of carbonyl (C=O) groups is 2. The van der Waals surface area contributed by atoms with Crippen molar-refractivity contribution in [3.8, 4) is 5.75 Å². The first-order chi connectivity index (χ1) is 12.4. The van der Waals surface area contributed by atoms with E-state index in [9.17, 15) is 14.7 Å². The third-order valence-corrected chi connectivity index (χ3v) is 4.21. The number of aromatic hydroxyl groups is 1. The first kappa shape index (κ1) is 17.8. The predicted molar refractivity (Wildman–Crippen MR) is 96.7 cm³/mol. The van der Waals surface area contributed by atoms with Crippen molar-refractivity contribution in [3.05, 3.63) is 58.5 Å². The molecule has 0 fully saturated rings. The molecule has 26 heavy (non-hydrogen) atoms. The van der Waals surface area contributed by atoms with Crippen molar-refractivity contribution >= 4 is 34.4 Å². The van der Waals surface area contributed by atoms with Gasteiger partial charge in [0.1, 0.15) is 6.54 Å². The molecule has 0 bridgehead atoms. The van der Waals surface area contributed by atoms with Gasteiger partial charge in [-0.3, -0.25) is 9.59 Å². The summed E-state index contributed by atoms with van der Waals surface area (Å²) in [5, 5.41) is 22.0. The summed E-state index contributed by atoms with van der Waals surface area (Å²) in [6, 6.07) is 9.71. The van der Waals surface area contributed by atoms with Crippen LogP contribution in [-0.2, 0) is 11.3 Å². The molecule has 0 radical (unpaired) electrons. The quantitative estimate of drug-likeness (QED) is 0.637. The lowest BCUT2D eigenvalue weighted by molar-refractivity contribution is -0.135. The van der Waals surface area contributed by atoms with E-state index in [0.29, 0.717) is 23.1 Å². The van der Waals surface area contributed by atoms with Crippen LogP contribution in [0.2, 0.25) is 5.02 Å². The summed E-state index contributed by atoms with van der Waals surface area (Å²) in [5.74, 6) is -2.34. The fourth-order valence-electron chi connectivity index (χ4n) is 2.83. The van der Waals surface area contributed by atoms with Crippen LogP contribution in [0.15, 0.2) is 36.5 Å². The van der Waals surface area contributed by atoms with Gasteiger partial charge in [0.2, 0.25) is 0 Å². The van der Waals surface area contributed by atoms with E-state index in [1.165, 1.54) is 0 Å². The van der Waals surface area contributed by atoms with Crippen LogP contribution >= 0.6 is 11.6 Å². The van der Waals surface area contributed by atoms with Crippen LogP contribution in [0.25, 0.3) is 10.9 Å². The van der Waals surface area contributed by atoms with Crippen molar-refractivity contribution in [1.29, 1.82) is 0 Å². The molecule has 3 rings (SSSR count). The van der Waals surface area contributed by atoms with Crippen molar-refractivity contribution in [1.82, 2.24) is 14.9 Å². The topological polar surface area (TPSA) is 104 Å². The molecule has 7 nitrogen and oxygen atoms in total. The van der Waals surface area contributed by atoms with Gasteiger partial charge < -0.3 is 20.1 Å². The van der Waals surface area contributed by atoms with Crippen LogP contribution in [0.4, 0.5) is 0 Å². The van der Waals surface area contributed by atoms with Gasteiger partial charge >= 0.3 is 5.97 Å². The number of benzene rings is 1. The molecule has 3 aromatic rings. The fourth-order valence-corrected chi connectivity index (χ4v) is 3.13. The highest BCUT2D eigenvalue weighted by atomic mass is 35.5. The molecule has 0 aliphatic carbocycles.